The van der Waals surface area contributed by atoms with E-state index in [0.717, 1.165) is 11.3 Å². The molecular weight excluding hydrogens is 150 g/mol. The molecule has 0 saturated heterocycles. The monoisotopic (exact) mass is 164 g/mol. The molecule has 65 valence electrons. The molecule has 0 heterocycles. The Hall–Kier alpha value is -1.02. The van der Waals surface area contributed by atoms with Crippen molar-refractivity contribution in [2.75, 3.05) is 19.0 Å². The van der Waals surface area contributed by atoms with Gasteiger partial charge in [0.25, 0.3) is 0 Å². The molecule has 0 unspecified atom stereocenters. The Morgan fingerprint density at radius 2 is 1.67 bits per heavy atom. The molecule has 1 N–H and O–H groups in total. The molecule has 1 aromatic rings. The molecule has 0 spiro atoms. The second-order valence-electron chi connectivity index (χ2n) is 3.03. The first-order valence-electron chi connectivity index (χ1n) is 3.91. The van der Waals surface area contributed by atoms with Crippen LogP contribution in [0.1, 0.15) is 12.5 Å². The topological polar surface area (TPSA) is 23.5 Å². The summed E-state index contributed by atoms with van der Waals surface area (Å²) in [5, 5.41) is 9.16. The van der Waals surface area contributed by atoms with E-state index in [0.29, 0.717) is 6.10 Å². The number of anilines is 1. The number of hydrogen-bond acceptors (Lipinski definition) is 2. The quantitative estimate of drug-likeness (QED) is 0.723. The molecule has 0 aromatic heterocycles. The molecule has 0 saturated carbocycles. The summed E-state index contributed by atoms with van der Waals surface area (Å²) in [6.07, 6.45) is 0.361. The number of rotatable bonds is 2. The highest BCUT2D eigenvalue weighted by Gasteiger charge is 2.01. The van der Waals surface area contributed by atoms with E-state index in [1.165, 1.54) is 0 Å². The molecule has 0 atom stereocenters. The van der Waals surface area contributed by atoms with Crippen LogP contribution in [0.15, 0.2) is 24.3 Å². The van der Waals surface area contributed by atoms with E-state index in [1.54, 1.807) is 6.92 Å². The zero-order chi connectivity index (χ0) is 9.14. The van der Waals surface area contributed by atoms with Crippen LogP contribution < -0.4 is 4.90 Å². The second-order valence-corrected chi connectivity index (χ2v) is 3.03. The van der Waals surface area contributed by atoms with Crippen LogP contribution in [-0.2, 0) is 0 Å². The zero-order valence-electron chi connectivity index (χ0n) is 7.70. The van der Waals surface area contributed by atoms with Crippen LogP contribution in [-0.4, -0.2) is 19.2 Å². The normalized spacial score (nSPS) is 10.4. The standard InChI is InChI=1S/C10H14NO/c1-8(12)9-4-6-10(7-5-9)11(2)3/h4-7,12H,1-3H3. The van der Waals surface area contributed by atoms with Crippen molar-refractivity contribution in [1.29, 1.82) is 0 Å². The minimum atomic E-state index is 0.361. The molecular formula is C10H14NO. The van der Waals surface area contributed by atoms with Gasteiger partial charge in [-0.15, -0.1) is 0 Å². The van der Waals surface area contributed by atoms with Gasteiger partial charge in [-0.25, -0.2) is 0 Å². The Balaban J connectivity index is 2.86. The van der Waals surface area contributed by atoms with Crippen molar-refractivity contribution in [2.24, 2.45) is 0 Å². The summed E-state index contributed by atoms with van der Waals surface area (Å²) in [6, 6.07) is 7.78. The summed E-state index contributed by atoms with van der Waals surface area (Å²) >= 11 is 0. The Morgan fingerprint density at radius 1 is 1.17 bits per heavy atom. The number of hydrogen-bond donors (Lipinski definition) is 1. The second kappa shape index (κ2) is 3.59. The summed E-state index contributed by atoms with van der Waals surface area (Å²) in [5.74, 6) is 0. The number of nitrogens with zero attached hydrogens (tertiary/aromatic N) is 1. The third-order valence-electron chi connectivity index (χ3n) is 1.80. The van der Waals surface area contributed by atoms with Crippen LogP contribution in [0.5, 0.6) is 0 Å². The summed E-state index contributed by atoms with van der Waals surface area (Å²) < 4.78 is 0. The van der Waals surface area contributed by atoms with E-state index in [9.17, 15) is 0 Å². The Morgan fingerprint density at radius 3 is 2.00 bits per heavy atom. The summed E-state index contributed by atoms with van der Waals surface area (Å²) in [5.41, 5.74) is 2.01. The predicted octanol–water partition coefficient (Wildman–Crippen LogP) is 2.03. The van der Waals surface area contributed by atoms with Crippen molar-refractivity contribution in [1.82, 2.24) is 0 Å². The van der Waals surface area contributed by atoms with Crippen LogP contribution in [0.3, 0.4) is 0 Å². The van der Waals surface area contributed by atoms with Crippen molar-refractivity contribution < 1.29 is 5.11 Å². The van der Waals surface area contributed by atoms with Gasteiger partial charge in [-0.1, -0.05) is 12.1 Å². The smallest absolute Gasteiger partial charge is 0.119 e. The van der Waals surface area contributed by atoms with Gasteiger partial charge in [-0.3, -0.25) is 0 Å². The lowest BCUT2D eigenvalue weighted by Gasteiger charge is -2.12. The van der Waals surface area contributed by atoms with Gasteiger partial charge in [0.1, 0.15) is 6.10 Å². The predicted molar refractivity (Wildman–Crippen MR) is 50.7 cm³/mol. The summed E-state index contributed by atoms with van der Waals surface area (Å²) in [6.45, 7) is 1.69. The number of aliphatic hydroxyl groups is 1. The van der Waals surface area contributed by atoms with Crippen LogP contribution in [0.2, 0.25) is 0 Å². The maximum Gasteiger partial charge on any atom is 0.119 e. The van der Waals surface area contributed by atoms with Gasteiger partial charge < -0.3 is 10.0 Å². The number of aliphatic hydroxyl groups excluding tert-OH is 1. The van der Waals surface area contributed by atoms with Gasteiger partial charge in [0.2, 0.25) is 0 Å². The lowest BCUT2D eigenvalue weighted by molar-refractivity contribution is 0.341. The Kier molecular flexibility index (Phi) is 2.71. The van der Waals surface area contributed by atoms with E-state index in [4.69, 9.17) is 5.11 Å². The van der Waals surface area contributed by atoms with Crippen molar-refractivity contribution >= 4 is 5.69 Å². The van der Waals surface area contributed by atoms with Crippen LogP contribution >= 0.6 is 0 Å². The molecule has 0 aliphatic rings. The molecule has 2 nitrogen and oxygen atoms in total. The molecule has 0 amide bonds. The van der Waals surface area contributed by atoms with Crippen LogP contribution in [0.25, 0.3) is 0 Å². The molecule has 0 bridgehead atoms. The fourth-order valence-corrected chi connectivity index (χ4v) is 1.00. The molecule has 0 aliphatic heterocycles. The van der Waals surface area contributed by atoms with Crippen LogP contribution in [0, 0.1) is 6.10 Å². The average Bonchev–Trinajstić information content (AvgIpc) is 2.04. The Labute approximate surface area is 73.4 Å². The highest BCUT2D eigenvalue weighted by atomic mass is 16.3. The van der Waals surface area contributed by atoms with Crippen molar-refractivity contribution in [2.45, 2.75) is 6.92 Å². The molecule has 1 rings (SSSR count). The van der Waals surface area contributed by atoms with E-state index in [-0.39, 0.29) is 0 Å². The van der Waals surface area contributed by atoms with Crippen molar-refractivity contribution in [3.63, 3.8) is 0 Å². The van der Waals surface area contributed by atoms with E-state index in [1.807, 2.05) is 43.3 Å². The summed E-state index contributed by atoms with van der Waals surface area (Å²) in [4.78, 5) is 2.02. The Bertz CT molecular complexity index is 212. The molecule has 2 heteroatoms. The maximum absolute atomic E-state index is 9.16. The molecule has 1 radical (unpaired) electrons. The van der Waals surface area contributed by atoms with E-state index in [2.05, 4.69) is 0 Å². The molecule has 0 fully saturated rings. The van der Waals surface area contributed by atoms with Gasteiger partial charge >= 0.3 is 0 Å². The highest BCUT2D eigenvalue weighted by molar-refractivity contribution is 5.47. The number of benzene rings is 1. The fraction of sp³-hybridized carbons (Fsp3) is 0.300. The highest BCUT2D eigenvalue weighted by Crippen LogP contribution is 2.16. The lowest BCUT2D eigenvalue weighted by atomic mass is 10.1. The minimum absolute atomic E-state index is 0.361. The van der Waals surface area contributed by atoms with Gasteiger partial charge in [-0.2, -0.15) is 0 Å². The van der Waals surface area contributed by atoms with E-state index >= 15 is 0 Å². The van der Waals surface area contributed by atoms with Gasteiger partial charge in [0.15, 0.2) is 0 Å². The molecule has 12 heavy (non-hydrogen) atoms. The van der Waals surface area contributed by atoms with Gasteiger partial charge in [0, 0.05) is 19.8 Å². The first-order chi connectivity index (χ1) is 5.61. The van der Waals surface area contributed by atoms with Crippen LogP contribution in [0.4, 0.5) is 5.69 Å². The zero-order valence-corrected chi connectivity index (χ0v) is 7.70. The van der Waals surface area contributed by atoms with Gasteiger partial charge in [0.05, 0.1) is 0 Å². The SMILES string of the molecule is C[C](O)c1ccc(N(C)C)cc1. The lowest BCUT2D eigenvalue weighted by Crippen LogP contribution is -2.08. The average molecular weight is 164 g/mol. The summed E-state index contributed by atoms with van der Waals surface area (Å²) in [7, 11) is 3.98. The van der Waals surface area contributed by atoms with Crippen molar-refractivity contribution in [3.05, 3.63) is 35.9 Å². The third kappa shape index (κ3) is 1.98. The van der Waals surface area contributed by atoms with E-state index < -0.39 is 0 Å². The molecule has 0 aliphatic carbocycles. The maximum atomic E-state index is 9.16. The van der Waals surface area contributed by atoms with Crippen molar-refractivity contribution in [3.8, 4) is 0 Å². The van der Waals surface area contributed by atoms with Gasteiger partial charge in [-0.05, 0) is 24.6 Å². The first kappa shape index (κ1) is 9.07. The largest absolute Gasteiger partial charge is 0.382 e. The molecule has 1 aromatic carbocycles. The third-order valence-corrected chi connectivity index (χ3v) is 1.80. The first-order valence-corrected chi connectivity index (χ1v) is 3.91. The fourth-order valence-electron chi connectivity index (χ4n) is 1.00. The minimum Gasteiger partial charge on any atom is -0.382 e.